The highest BCUT2D eigenvalue weighted by molar-refractivity contribution is 7.89. The lowest BCUT2D eigenvalue weighted by molar-refractivity contribution is -0.117. The smallest absolute Gasteiger partial charge is 0.287 e. The van der Waals surface area contributed by atoms with Gasteiger partial charge in [0.25, 0.3) is 5.56 Å². The van der Waals surface area contributed by atoms with Crippen LogP contribution in [0.15, 0.2) is 51.6 Å². The molecule has 0 aliphatic rings. The van der Waals surface area contributed by atoms with Crippen LogP contribution in [0.25, 0.3) is 0 Å². The standard InChI is InChI=1S/C19H18Cl2N4O4S2/c1-12-4-5-13(24-17(26)11-25-19(27)18(21)15(20)10-22-25)9-16(12)31(28,29)23-7-6-14-3-2-8-30-14/h2-5,8-10,23H,6-7,11H2,1H3,(H,24,26). The molecule has 0 spiro atoms. The van der Waals surface area contributed by atoms with E-state index in [0.717, 1.165) is 15.8 Å². The van der Waals surface area contributed by atoms with E-state index in [0.29, 0.717) is 12.0 Å². The first-order chi connectivity index (χ1) is 14.7. The fourth-order valence-electron chi connectivity index (χ4n) is 2.70. The van der Waals surface area contributed by atoms with E-state index < -0.39 is 28.0 Å². The third-order valence-electron chi connectivity index (χ3n) is 4.24. The summed E-state index contributed by atoms with van der Waals surface area (Å²) in [5.74, 6) is -0.578. The molecular formula is C19H18Cl2N4O4S2. The highest BCUT2D eigenvalue weighted by Crippen LogP contribution is 2.20. The third-order valence-corrected chi connectivity index (χ3v) is 7.53. The van der Waals surface area contributed by atoms with Crippen molar-refractivity contribution in [3.8, 4) is 0 Å². The van der Waals surface area contributed by atoms with Gasteiger partial charge in [-0.2, -0.15) is 5.10 Å². The maximum atomic E-state index is 12.7. The molecule has 2 N–H and O–H groups in total. The van der Waals surface area contributed by atoms with Gasteiger partial charge in [-0.3, -0.25) is 9.59 Å². The van der Waals surface area contributed by atoms with Gasteiger partial charge in [0.15, 0.2) is 0 Å². The van der Waals surface area contributed by atoms with Crippen molar-refractivity contribution in [1.82, 2.24) is 14.5 Å². The van der Waals surface area contributed by atoms with Crippen LogP contribution in [0, 0.1) is 6.92 Å². The Labute approximate surface area is 192 Å². The van der Waals surface area contributed by atoms with E-state index in [4.69, 9.17) is 23.2 Å². The second-order valence-corrected chi connectivity index (χ2v) is 10.1. The Kier molecular flexibility index (Phi) is 7.50. The summed E-state index contributed by atoms with van der Waals surface area (Å²) in [6.45, 7) is 1.51. The molecule has 0 bridgehead atoms. The molecule has 164 valence electrons. The minimum absolute atomic E-state index is 0.0108. The largest absolute Gasteiger partial charge is 0.324 e. The van der Waals surface area contributed by atoms with Gasteiger partial charge < -0.3 is 5.32 Å². The molecule has 0 saturated carbocycles. The molecule has 8 nitrogen and oxygen atoms in total. The first-order valence-corrected chi connectivity index (χ1v) is 12.1. The van der Waals surface area contributed by atoms with E-state index in [-0.39, 0.29) is 27.2 Å². The molecule has 0 atom stereocenters. The number of nitrogens with zero attached hydrogens (tertiary/aromatic N) is 2. The molecule has 3 aromatic rings. The van der Waals surface area contributed by atoms with Crippen LogP contribution < -0.4 is 15.6 Å². The molecule has 31 heavy (non-hydrogen) atoms. The number of carbonyl (C=O) groups excluding carboxylic acids is 1. The summed E-state index contributed by atoms with van der Waals surface area (Å²) in [7, 11) is -3.77. The van der Waals surface area contributed by atoms with Gasteiger partial charge in [-0.05, 0) is 42.5 Å². The maximum absolute atomic E-state index is 12.7. The highest BCUT2D eigenvalue weighted by Gasteiger charge is 2.18. The number of halogens is 2. The minimum Gasteiger partial charge on any atom is -0.324 e. The zero-order chi connectivity index (χ0) is 22.6. The van der Waals surface area contributed by atoms with Crippen LogP contribution in [0.1, 0.15) is 10.4 Å². The van der Waals surface area contributed by atoms with Gasteiger partial charge in [0.05, 0.1) is 16.1 Å². The van der Waals surface area contributed by atoms with E-state index in [1.807, 2.05) is 17.5 Å². The Morgan fingerprint density at radius 3 is 2.74 bits per heavy atom. The normalized spacial score (nSPS) is 11.5. The van der Waals surface area contributed by atoms with Gasteiger partial charge in [-0.25, -0.2) is 17.8 Å². The number of anilines is 1. The topological polar surface area (TPSA) is 110 Å². The Bertz CT molecular complexity index is 1260. The molecule has 2 aromatic heterocycles. The highest BCUT2D eigenvalue weighted by atomic mass is 35.5. The zero-order valence-corrected chi connectivity index (χ0v) is 19.4. The van der Waals surface area contributed by atoms with Crippen LogP contribution in [0.2, 0.25) is 10.0 Å². The number of nitrogens with one attached hydrogen (secondary N) is 2. The molecule has 0 fully saturated rings. The summed E-state index contributed by atoms with van der Waals surface area (Å²) < 4.78 is 28.9. The van der Waals surface area contributed by atoms with E-state index in [1.54, 1.807) is 30.4 Å². The van der Waals surface area contributed by atoms with Gasteiger partial charge in [0.2, 0.25) is 15.9 Å². The average Bonchev–Trinajstić information content (AvgIpc) is 3.23. The first-order valence-electron chi connectivity index (χ1n) is 9.01. The number of hydrogen-bond donors (Lipinski definition) is 2. The zero-order valence-electron chi connectivity index (χ0n) is 16.3. The Morgan fingerprint density at radius 1 is 1.26 bits per heavy atom. The average molecular weight is 501 g/mol. The van der Waals surface area contributed by atoms with Crippen LogP contribution in [0.4, 0.5) is 5.69 Å². The first kappa shape index (κ1) is 23.4. The van der Waals surface area contributed by atoms with Crippen molar-refractivity contribution in [2.75, 3.05) is 11.9 Å². The number of aromatic nitrogens is 2. The lowest BCUT2D eigenvalue weighted by atomic mass is 10.2. The number of amides is 1. The predicted molar refractivity (Wildman–Crippen MR) is 122 cm³/mol. The van der Waals surface area contributed by atoms with E-state index >= 15 is 0 Å². The van der Waals surface area contributed by atoms with Crippen molar-refractivity contribution < 1.29 is 13.2 Å². The number of benzene rings is 1. The van der Waals surface area contributed by atoms with E-state index in [9.17, 15) is 18.0 Å². The summed E-state index contributed by atoms with van der Waals surface area (Å²) >= 11 is 13.1. The van der Waals surface area contributed by atoms with Crippen LogP contribution >= 0.6 is 34.5 Å². The second kappa shape index (κ2) is 9.92. The van der Waals surface area contributed by atoms with Crippen molar-refractivity contribution in [1.29, 1.82) is 0 Å². The van der Waals surface area contributed by atoms with Gasteiger partial charge in [0, 0.05) is 17.1 Å². The number of sulfonamides is 1. The van der Waals surface area contributed by atoms with E-state index in [1.165, 1.54) is 6.07 Å². The molecule has 3 rings (SSSR count). The fourth-order valence-corrected chi connectivity index (χ4v) is 4.98. The van der Waals surface area contributed by atoms with Crippen LogP contribution in [-0.4, -0.2) is 30.7 Å². The van der Waals surface area contributed by atoms with Gasteiger partial charge in [-0.1, -0.05) is 35.3 Å². The molecule has 0 unspecified atom stereocenters. The molecule has 0 saturated heterocycles. The van der Waals surface area contributed by atoms with Crippen molar-refractivity contribution in [2.45, 2.75) is 24.8 Å². The van der Waals surface area contributed by atoms with E-state index in [2.05, 4.69) is 15.1 Å². The Morgan fingerprint density at radius 2 is 2.03 bits per heavy atom. The number of hydrogen-bond acceptors (Lipinski definition) is 6. The van der Waals surface area contributed by atoms with Crippen molar-refractivity contribution in [3.63, 3.8) is 0 Å². The van der Waals surface area contributed by atoms with Crippen molar-refractivity contribution in [3.05, 3.63) is 72.7 Å². The molecule has 2 heterocycles. The van der Waals surface area contributed by atoms with Gasteiger partial charge >= 0.3 is 0 Å². The summed E-state index contributed by atoms with van der Waals surface area (Å²) in [5.41, 5.74) is 0.0952. The molecule has 12 heteroatoms. The predicted octanol–water partition coefficient (Wildman–Crippen LogP) is 3.08. The summed E-state index contributed by atoms with van der Waals surface area (Å²) in [4.78, 5) is 25.5. The molecule has 0 radical (unpaired) electrons. The quantitative estimate of drug-likeness (QED) is 0.493. The number of carbonyl (C=O) groups is 1. The maximum Gasteiger partial charge on any atom is 0.287 e. The Balaban J connectivity index is 1.70. The minimum atomic E-state index is -3.77. The fraction of sp³-hybridized carbons (Fsp3) is 0.211. The number of rotatable bonds is 8. The van der Waals surface area contributed by atoms with Gasteiger partial charge in [-0.15, -0.1) is 11.3 Å². The van der Waals surface area contributed by atoms with Gasteiger partial charge in [0.1, 0.15) is 11.6 Å². The lowest BCUT2D eigenvalue weighted by Crippen LogP contribution is -2.30. The molecule has 0 aliphatic carbocycles. The summed E-state index contributed by atoms with van der Waals surface area (Å²) in [6, 6.07) is 8.38. The molecule has 0 aliphatic heterocycles. The molecular weight excluding hydrogens is 483 g/mol. The number of aryl methyl sites for hydroxylation is 1. The summed E-state index contributed by atoms with van der Waals surface area (Å²) in [6.07, 6.45) is 1.74. The van der Waals surface area contributed by atoms with Crippen molar-refractivity contribution >= 4 is 56.2 Å². The van der Waals surface area contributed by atoms with Crippen LogP contribution in [0.3, 0.4) is 0 Å². The lowest BCUT2D eigenvalue weighted by Gasteiger charge is -2.12. The molecule has 1 aromatic carbocycles. The third kappa shape index (κ3) is 5.92. The second-order valence-electron chi connectivity index (χ2n) is 6.52. The monoisotopic (exact) mass is 500 g/mol. The molecule has 1 amide bonds. The summed E-state index contributed by atoms with van der Waals surface area (Å²) in [5, 5.41) is 8.02. The van der Waals surface area contributed by atoms with Crippen LogP contribution in [-0.2, 0) is 27.8 Å². The Hall–Kier alpha value is -2.24. The van der Waals surface area contributed by atoms with Crippen LogP contribution in [0.5, 0.6) is 0 Å². The van der Waals surface area contributed by atoms with Crippen molar-refractivity contribution in [2.24, 2.45) is 0 Å². The SMILES string of the molecule is Cc1ccc(NC(=O)Cn2ncc(Cl)c(Cl)c2=O)cc1S(=O)(=O)NCCc1cccs1. The number of thiophene rings is 1.